The second-order valence-corrected chi connectivity index (χ2v) is 6.16. The van der Waals surface area contributed by atoms with Gasteiger partial charge in [0.05, 0.1) is 6.42 Å². The van der Waals surface area contributed by atoms with Crippen LogP contribution in [0.5, 0.6) is 0 Å². The van der Waals surface area contributed by atoms with Gasteiger partial charge in [-0.1, -0.05) is 30.3 Å². The van der Waals surface area contributed by atoms with Gasteiger partial charge in [-0.3, -0.25) is 13.9 Å². The van der Waals surface area contributed by atoms with E-state index >= 15 is 0 Å². The van der Waals surface area contributed by atoms with Crippen LogP contribution in [0.4, 0.5) is 0 Å². The Kier molecular flexibility index (Phi) is 5.10. The Hall–Kier alpha value is -1.99. The van der Waals surface area contributed by atoms with Gasteiger partial charge in [0.1, 0.15) is 17.7 Å². The van der Waals surface area contributed by atoms with Crippen LogP contribution in [0.1, 0.15) is 25.8 Å². The third-order valence-corrected chi connectivity index (χ3v) is 4.07. The van der Waals surface area contributed by atoms with E-state index in [-0.39, 0.29) is 18.7 Å². The molecule has 0 aliphatic carbocycles. The van der Waals surface area contributed by atoms with E-state index < -0.39 is 28.3 Å². The van der Waals surface area contributed by atoms with Crippen molar-refractivity contribution < 1.29 is 23.1 Å². The number of likely N-dealkylation sites (tertiary alicyclic amines) is 1. The second kappa shape index (κ2) is 6.85. The molecule has 0 aromatic heterocycles. The molecule has 1 heterocycles. The molecule has 0 bridgehead atoms. The first-order valence-electron chi connectivity index (χ1n) is 6.70. The van der Waals surface area contributed by atoms with Crippen LogP contribution < -0.4 is 0 Å². The quantitative estimate of drug-likeness (QED) is 0.354. The summed E-state index contributed by atoms with van der Waals surface area (Å²) in [4.78, 5) is 24.9. The highest BCUT2D eigenvalue weighted by atomic mass is 32.2. The highest BCUT2D eigenvalue weighted by molar-refractivity contribution is 7.79. The van der Waals surface area contributed by atoms with Crippen molar-refractivity contribution in [2.24, 2.45) is 0 Å². The first kappa shape index (κ1) is 16.4. The SMILES string of the molecule is CC(C)=C(C(=O)OCc1ccccc1)N1C(=O)C[C@H]1S(=O)[O-]. The molecule has 6 nitrogen and oxygen atoms in total. The largest absolute Gasteiger partial charge is 0.771 e. The fourth-order valence-electron chi connectivity index (χ4n) is 2.14. The molecule has 7 heteroatoms. The zero-order chi connectivity index (χ0) is 16.3. The molecular formula is C15H16NO5S-. The fraction of sp³-hybridized carbons (Fsp3) is 0.333. The van der Waals surface area contributed by atoms with Crippen molar-refractivity contribution in [2.75, 3.05) is 0 Å². The lowest BCUT2D eigenvalue weighted by molar-refractivity contribution is -0.150. The Balaban J connectivity index is 2.12. The third-order valence-electron chi connectivity index (χ3n) is 3.25. The van der Waals surface area contributed by atoms with Gasteiger partial charge in [0.2, 0.25) is 5.91 Å². The van der Waals surface area contributed by atoms with E-state index in [1.54, 1.807) is 26.0 Å². The van der Waals surface area contributed by atoms with Gasteiger partial charge >= 0.3 is 5.97 Å². The van der Waals surface area contributed by atoms with Crippen LogP contribution in [0, 0.1) is 0 Å². The summed E-state index contributed by atoms with van der Waals surface area (Å²) in [6.45, 7) is 3.33. The van der Waals surface area contributed by atoms with Crippen molar-refractivity contribution in [3.63, 3.8) is 0 Å². The molecular weight excluding hydrogens is 306 g/mol. The number of allylic oxidation sites excluding steroid dienone is 1. The van der Waals surface area contributed by atoms with Crippen molar-refractivity contribution in [2.45, 2.75) is 32.2 Å². The minimum Gasteiger partial charge on any atom is -0.771 e. The highest BCUT2D eigenvalue weighted by Crippen LogP contribution is 2.29. The smallest absolute Gasteiger partial charge is 0.355 e. The molecule has 1 aliphatic heterocycles. The predicted octanol–water partition coefficient (Wildman–Crippen LogP) is 1.46. The lowest BCUT2D eigenvalue weighted by atomic mass is 10.1. The maximum absolute atomic E-state index is 12.2. The van der Waals surface area contributed by atoms with Crippen LogP contribution in [0.2, 0.25) is 0 Å². The van der Waals surface area contributed by atoms with Crippen molar-refractivity contribution in [1.82, 2.24) is 4.90 Å². The second-order valence-electron chi connectivity index (χ2n) is 5.09. The zero-order valence-corrected chi connectivity index (χ0v) is 13.1. The summed E-state index contributed by atoms with van der Waals surface area (Å²) >= 11 is -2.45. The first-order valence-corrected chi connectivity index (χ1v) is 7.84. The minimum absolute atomic E-state index is 0.00128. The van der Waals surface area contributed by atoms with E-state index in [2.05, 4.69) is 0 Å². The first-order chi connectivity index (χ1) is 10.4. The van der Waals surface area contributed by atoms with Crippen LogP contribution >= 0.6 is 0 Å². The zero-order valence-electron chi connectivity index (χ0n) is 12.3. The minimum atomic E-state index is -2.45. The number of hydrogen-bond acceptors (Lipinski definition) is 5. The molecule has 118 valence electrons. The summed E-state index contributed by atoms with van der Waals surface area (Å²) in [5, 5.41) is -0.998. The molecule has 2 atom stereocenters. The average molecular weight is 322 g/mol. The summed E-state index contributed by atoms with van der Waals surface area (Å²) in [7, 11) is 0. The molecule has 1 aliphatic rings. The van der Waals surface area contributed by atoms with E-state index in [0.29, 0.717) is 5.57 Å². The molecule has 0 spiro atoms. The maximum Gasteiger partial charge on any atom is 0.355 e. The topological polar surface area (TPSA) is 86.7 Å². The van der Waals surface area contributed by atoms with Crippen molar-refractivity contribution in [3.05, 3.63) is 47.2 Å². The normalized spacial score (nSPS) is 18.4. The van der Waals surface area contributed by atoms with E-state index in [1.807, 2.05) is 18.2 Å². The van der Waals surface area contributed by atoms with Crippen LogP contribution in [0.25, 0.3) is 0 Å². The fourth-order valence-corrected chi connectivity index (χ4v) is 2.82. The number of carbonyl (C=O) groups excluding carboxylic acids is 2. The number of rotatable bonds is 5. The predicted molar refractivity (Wildman–Crippen MR) is 78.8 cm³/mol. The summed E-state index contributed by atoms with van der Waals surface area (Å²) in [6.07, 6.45) is -0.112. The van der Waals surface area contributed by atoms with Crippen LogP contribution in [0.15, 0.2) is 41.6 Å². The van der Waals surface area contributed by atoms with Gasteiger partial charge in [-0.25, -0.2) is 4.79 Å². The van der Waals surface area contributed by atoms with Crippen LogP contribution in [0.3, 0.4) is 0 Å². The van der Waals surface area contributed by atoms with Gasteiger partial charge in [-0.05, 0) is 36.1 Å². The summed E-state index contributed by atoms with van der Waals surface area (Å²) in [5.74, 6) is -1.10. The standard InChI is InChI=1S/C15H17NO5S/c1-10(2)14(16-12(17)8-13(16)22(19)20)15(18)21-9-11-6-4-3-5-7-11/h3-7,13H,8-9H2,1-2H3,(H,19,20)/p-1/t13-/m1/s1. The molecule has 0 saturated carbocycles. The number of esters is 1. The third kappa shape index (κ3) is 3.42. The van der Waals surface area contributed by atoms with Gasteiger partial charge in [-0.2, -0.15) is 0 Å². The number of β-lactam (4-membered cyclic amide) rings is 1. The Morgan fingerprint density at radius 3 is 2.50 bits per heavy atom. The van der Waals surface area contributed by atoms with E-state index in [9.17, 15) is 18.4 Å². The average Bonchev–Trinajstić information content (AvgIpc) is 2.48. The summed E-state index contributed by atoms with van der Waals surface area (Å²) in [5.41, 5.74) is 1.34. The number of amides is 1. The van der Waals surface area contributed by atoms with Gasteiger partial charge in [0.15, 0.2) is 0 Å². The number of nitrogens with zero attached hydrogens (tertiary/aromatic N) is 1. The van der Waals surface area contributed by atoms with Gasteiger partial charge in [0.25, 0.3) is 0 Å². The highest BCUT2D eigenvalue weighted by Gasteiger charge is 2.42. The molecule has 0 N–H and O–H groups in total. The van der Waals surface area contributed by atoms with E-state index in [0.717, 1.165) is 10.5 Å². The van der Waals surface area contributed by atoms with Gasteiger partial charge < -0.3 is 9.29 Å². The van der Waals surface area contributed by atoms with Crippen molar-refractivity contribution >= 4 is 23.0 Å². The molecule has 1 aromatic rings. The summed E-state index contributed by atoms with van der Waals surface area (Å²) in [6, 6.07) is 9.10. The van der Waals surface area contributed by atoms with Crippen molar-refractivity contribution in [3.8, 4) is 0 Å². The Morgan fingerprint density at radius 2 is 2.00 bits per heavy atom. The Labute approximate surface area is 131 Å². The maximum atomic E-state index is 12.2. The molecule has 1 unspecified atom stereocenters. The van der Waals surface area contributed by atoms with Crippen LogP contribution in [-0.4, -0.2) is 30.9 Å². The van der Waals surface area contributed by atoms with E-state index in [1.165, 1.54) is 0 Å². The summed E-state index contributed by atoms with van der Waals surface area (Å²) < 4.78 is 27.4. The molecule has 1 aromatic carbocycles. The number of benzene rings is 1. The monoisotopic (exact) mass is 322 g/mol. The molecule has 1 saturated heterocycles. The molecule has 1 amide bonds. The Morgan fingerprint density at radius 1 is 1.36 bits per heavy atom. The molecule has 2 rings (SSSR count). The molecule has 1 fully saturated rings. The van der Waals surface area contributed by atoms with Crippen LogP contribution in [-0.2, 0) is 32.0 Å². The molecule has 22 heavy (non-hydrogen) atoms. The van der Waals surface area contributed by atoms with Gasteiger partial charge in [0, 0.05) is 0 Å². The lowest BCUT2D eigenvalue weighted by Gasteiger charge is -2.42. The van der Waals surface area contributed by atoms with Crippen molar-refractivity contribution in [1.29, 1.82) is 0 Å². The number of carbonyl (C=O) groups is 2. The number of hydrogen-bond donors (Lipinski definition) is 0. The van der Waals surface area contributed by atoms with Gasteiger partial charge in [-0.15, -0.1) is 0 Å². The Bertz CT molecular complexity index is 637. The molecule has 0 radical (unpaired) electrons. The lowest BCUT2D eigenvalue weighted by Crippen LogP contribution is -2.55. The van der Waals surface area contributed by atoms with E-state index in [4.69, 9.17) is 4.74 Å². The number of ether oxygens (including phenoxy) is 1.